The first kappa shape index (κ1) is 16.4. The van der Waals surface area contributed by atoms with Gasteiger partial charge in [0, 0.05) is 5.69 Å². The van der Waals surface area contributed by atoms with Crippen molar-refractivity contribution in [3.8, 4) is 5.75 Å². The van der Waals surface area contributed by atoms with Crippen molar-refractivity contribution < 1.29 is 13.2 Å². The number of benzene rings is 1. The Morgan fingerprint density at radius 3 is 2.18 bits per heavy atom. The van der Waals surface area contributed by atoms with Crippen molar-refractivity contribution in [3.63, 3.8) is 0 Å². The molecular formula is C15H21N3O3S. The van der Waals surface area contributed by atoms with Crippen LogP contribution in [0.15, 0.2) is 29.2 Å². The van der Waals surface area contributed by atoms with Gasteiger partial charge in [-0.25, -0.2) is 8.42 Å². The van der Waals surface area contributed by atoms with Crippen molar-refractivity contribution >= 4 is 15.7 Å². The lowest BCUT2D eigenvalue weighted by Crippen LogP contribution is -2.22. The molecule has 0 aliphatic rings. The second-order valence-corrected chi connectivity index (χ2v) is 7.73. The summed E-state index contributed by atoms with van der Waals surface area (Å²) in [5.74, 6) is 0.686. The Morgan fingerprint density at radius 2 is 1.73 bits per heavy atom. The molecule has 1 aromatic carbocycles. The number of aromatic nitrogens is 2. The lowest BCUT2D eigenvalue weighted by atomic mass is 10.2. The van der Waals surface area contributed by atoms with Gasteiger partial charge in [0.05, 0.1) is 11.4 Å². The number of ether oxygens (including phenoxy) is 1. The number of aryl methyl sites for hydroxylation is 2. The van der Waals surface area contributed by atoms with Gasteiger partial charge >= 0.3 is 0 Å². The van der Waals surface area contributed by atoms with Crippen LogP contribution in [0.25, 0.3) is 0 Å². The van der Waals surface area contributed by atoms with Crippen molar-refractivity contribution in [1.82, 2.24) is 10.2 Å². The van der Waals surface area contributed by atoms with Crippen LogP contribution in [-0.2, 0) is 10.0 Å². The molecule has 2 N–H and O–H groups in total. The van der Waals surface area contributed by atoms with E-state index in [0.717, 1.165) is 0 Å². The number of nitrogens with one attached hydrogen (secondary N) is 2. The van der Waals surface area contributed by atoms with Gasteiger partial charge in [-0.15, -0.1) is 0 Å². The van der Waals surface area contributed by atoms with Crippen LogP contribution in [0.3, 0.4) is 0 Å². The third kappa shape index (κ3) is 3.79. The van der Waals surface area contributed by atoms with E-state index in [0.29, 0.717) is 22.8 Å². The van der Waals surface area contributed by atoms with Crippen LogP contribution >= 0.6 is 0 Å². The summed E-state index contributed by atoms with van der Waals surface area (Å²) in [7, 11) is -3.66. The highest BCUT2D eigenvalue weighted by molar-refractivity contribution is 7.92. The first-order valence-electron chi connectivity index (χ1n) is 6.92. The van der Waals surface area contributed by atoms with Gasteiger partial charge in [0.25, 0.3) is 10.0 Å². The Bertz CT molecular complexity index is 737. The molecule has 22 heavy (non-hydrogen) atoms. The maximum absolute atomic E-state index is 12.4. The summed E-state index contributed by atoms with van der Waals surface area (Å²) in [4.78, 5) is 0.183. The molecule has 0 aliphatic heterocycles. The zero-order valence-electron chi connectivity index (χ0n) is 13.4. The van der Waals surface area contributed by atoms with E-state index in [1.165, 1.54) is 0 Å². The average Bonchev–Trinajstić information content (AvgIpc) is 2.70. The highest BCUT2D eigenvalue weighted by atomic mass is 32.2. The molecular weight excluding hydrogens is 302 g/mol. The molecule has 0 atom stereocenters. The molecule has 1 aromatic heterocycles. The van der Waals surface area contributed by atoms with Gasteiger partial charge in [-0.2, -0.15) is 5.10 Å². The summed E-state index contributed by atoms with van der Waals surface area (Å²) < 4.78 is 33.1. The predicted octanol–water partition coefficient (Wildman–Crippen LogP) is 3.00. The molecule has 0 unspecified atom stereocenters. The Labute approximate surface area is 130 Å². The minimum Gasteiger partial charge on any atom is -0.488 e. The quantitative estimate of drug-likeness (QED) is 0.906. The summed E-state index contributed by atoms with van der Waals surface area (Å²) >= 11 is 0. The minimum absolute atomic E-state index is 0.183. The largest absolute Gasteiger partial charge is 0.488 e. The molecule has 0 fully saturated rings. The first-order chi connectivity index (χ1) is 10.1. The molecule has 0 saturated carbocycles. The minimum atomic E-state index is -3.66. The van der Waals surface area contributed by atoms with E-state index in [1.54, 1.807) is 38.1 Å². The molecule has 2 aromatic rings. The van der Waals surface area contributed by atoms with Gasteiger partial charge in [0.2, 0.25) is 0 Å². The summed E-state index contributed by atoms with van der Waals surface area (Å²) in [5.41, 5.74) is 1.13. The Hall–Kier alpha value is -2.02. The molecule has 0 amide bonds. The molecule has 2 rings (SSSR count). The Morgan fingerprint density at radius 1 is 1.14 bits per heavy atom. The summed E-state index contributed by atoms with van der Waals surface area (Å²) in [6, 6.07) is 6.81. The smallest absolute Gasteiger partial charge is 0.265 e. The molecule has 0 aliphatic carbocycles. The molecule has 7 heteroatoms. The van der Waals surface area contributed by atoms with Crippen molar-refractivity contribution in [2.75, 3.05) is 4.72 Å². The monoisotopic (exact) mass is 323 g/mol. The number of sulfonamides is 1. The van der Waals surface area contributed by atoms with Crippen LogP contribution in [0.1, 0.15) is 32.2 Å². The van der Waals surface area contributed by atoms with Gasteiger partial charge in [0.15, 0.2) is 0 Å². The highest BCUT2D eigenvalue weighted by Gasteiger charge is 2.22. The standard InChI is InChI=1S/C15H21N3O3S/c1-10-14(11(2)17-16-10)22(19,20)18-12-6-8-13(9-7-12)21-15(3,4)5/h6-9,18H,1-5H3,(H,16,17). The van der Waals surface area contributed by atoms with Gasteiger partial charge in [-0.05, 0) is 58.9 Å². The van der Waals surface area contributed by atoms with E-state index < -0.39 is 10.0 Å². The number of rotatable bonds is 4. The predicted molar refractivity (Wildman–Crippen MR) is 85.7 cm³/mol. The van der Waals surface area contributed by atoms with Crippen molar-refractivity contribution in [1.29, 1.82) is 0 Å². The zero-order chi connectivity index (χ0) is 16.5. The Balaban J connectivity index is 2.21. The fraction of sp³-hybridized carbons (Fsp3) is 0.400. The summed E-state index contributed by atoms with van der Waals surface area (Å²) in [6.07, 6.45) is 0. The number of aromatic amines is 1. The van der Waals surface area contributed by atoms with Gasteiger partial charge in [0.1, 0.15) is 16.2 Å². The molecule has 120 valence electrons. The van der Waals surface area contributed by atoms with E-state index in [2.05, 4.69) is 14.9 Å². The highest BCUT2D eigenvalue weighted by Crippen LogP contribution is 2.24. The van der Waals surface area contributed by atoms with Crippen LogP contribution in [-0.4, -0.2) is 24.2 Å². The molecule has 0 radical (unpaired) electrons. The van der Waals surface area contributed by atoms with E-state index in [9.17, 15) is 8.42 Å². The zero-order valence-corrected chi connectivity index (χ0v) is 14.2. The molecule has 0 spiro atoms. The molecule has 0 saturated heterocycles. The van der Waals surface area contributed by atoms with Gasteiger partial charge < -0.3 is 4.74 Å². The van der Waals surface area contributed by atoms with Crippen LogP contribution in [0.5, 0.6) is 5.75 Å². The van der Waals surface area contributed by atoms with E-state index in [4.69, 9.17) is 4.74 Å². The molecule has 0 bridgehead atoms. The van der Waals surface area contributed by atoms with Crippen molar-refractivity contribution in [2.24, 2.45) is 0 Å². The second-order valence-electron chi connectivity index (χ2n) is 6.11. The fourth-order valence-electron chi connectivity index (χ4n) is 2.09. The molecule has 6 nitrogen and oxygen atoms in total. The third-order valence-electron chi connectivity index (χ3n) is 2.86. The number of anilines is 1. The third-order valence-corrected chi connectivity index (χ3v) is 4.50. The van der Waals surface area contributed by atoms with Gasteiger partial charge in [-0.3, -0.25) is 9.82 Å². The lowest BCUT2D eigenvalue weighted by Gasteiger charge is -2.21. The SMILES string of the molecule is Cc1n[nH]c(C)c1S(=O)(=O)Nc1ccc(OC(C)(C)C)cc1. The first-order valence-corrected chi connectivity index (χ1v) is 8.40. The van der Waals surface area contributed by atoms with E-state index in [-0.39, 0.29) is 10.5 Å². The average molecular weight is 323 g/mol. The van der Waals surface area contributed by atoms with Crippen molar-refractivity contribution in [2.45, 2.75) is 45.1 Å². The molecule has 1 heterocycles. The maximum atomic E-state index is 12.4. The second kappa shape index (κ2) is 5.64. The van der Waals surface area contributed by atoms with Gasteiger partial charge in [-0.1, -0.05) is 0 Å². The van der Waals surface area contributed by atoms with Crippen LogP contribution in [0.4, 0.5) is 5.69 Å². The van der Waals surface area contributed by atoms with Crippen LogP contribution < -0.4 is 9.46 Å². The topological polar surface area (TPSA) is 84.1 Å². The van der Waals surface area contributed by atoms with Crippen LogP contribution in [0, 0.1) is 13.8 Å². The number of hydrogen-bond acceptors (Lipinski definition) is 4. The van der Waals surface area contributed by atoms with E-state index >= 15 is 0 Å². The number of nitrogens with zero attached hydrogens (tertiary/aromatic N) is 1. The summed E-state index contributed by atoms with van der Waals surface area (Å²) in [5, 5.41) is 6.59. The number of hydrogen-bond donors (Lipinski definition) is 2. The maximum Gasteiger partial charge on any atom is 0.265 e. The van der Waals surface area contributed by atoms with E-state index in [1.807, 2.05) is 20.8 Å². The lowest BCUT2D eigenvalue weighted by molar-refractivity contribution is 0.131. The van der Waals surface area contributed by atoms with Crippen molar-refractivity contribution in [3.05, 3.63) is 35.7 Å². The number of H-pyrrole nitrogens is 1. The van der Waals surface area contributed by atoms with Crippen LogP contribution in [0.2, 0.25) is 0 Å². The normalized spacial score (nSPS) is 12.2. The summed E-state index contributed by atoms with van der Waals surface area (Å²) in [6.45, 7) is 9.18. The Kier molecular flexibility index (Phi) is 4.19. The fourth-order valence-corrected chi connectivity index (χ4v) is 3.52.